The summed E-state index contributed by atoms with van der Waals surface area (Å²) in [5.74, 6) is 0.657. The van der Waals surface area contributed by atoms with Gasteiger partial charge in [-0.05, 0) is 49.5 Å². The van der Waals surface area contributed by atoms with E-state index in [9.17, 15) is 4.79 Å². The number of halogens is 1. The van der Waals surface area contributed by atoms with E-state index in [1.165, 1.54) is 6.26 Å². The minimum Gasteiger partial charge on any atom is -0.452 e. The molecule has 1 fully saturated rings. The molecule has 0 radical (unpaired) electrons. The SMILES string of the molecule is CCNCC1CCN(C(=O)c2ccoc2Cl)CC1. The monoisotopic (exact) mass is 270 g/mol. The van der Waals surface area contributed by atoms with E-state index in [0.717, 1.165) is 39.0 Å². The average Bonchev–Trinajstić information content (AvgIpc) is 2.82. The molecule has 0 aromatic carbocycles. The molecule has 0 atom stereocenters. The van der Waals surface area contributed by atoms with E-state index >= 15 is 0 Å². The van der Waals surface area contributed by atoms with E-state index in [2.05, 4.69) is 12.2 Å². The van der Waals surface area contributed by atoms with Crippen molar-refractivity contribution in [2.45, 2.75) is 19.8 Å². The maximum atomic E-state index is 12.2. The molecule has 0 aliphatic carbocycles. The summed E-state index contributed by atoms with van der Waals surface area (Å²) in [6.45, 7) is 5.77. The lowest BCUT2D eigenvalue weighted by molar-refractivity contribution is 0.0690. The van der Waals surface area contributed by atoms with Crippen molar-refractivity contribution < 1.29 is 9.21 Å². The highest BCUT2D eigenvalue weighted by Gasteiger charge is 2.25. The average molecular weight is 271 g/mol. The van der Waals surface area contributed by atoms with Crippen LogP contribution in [-0.4, -0.2) is 37.0 Å². The Morgan fingerprint density at radius 2 is 2.28 bits per heavy atom. The fraction of sp³-hybridized carbons (Fsp3) is 0.615. The Bertz CT molecular complexity index is 397. The Hall–Kier alpha value is -1.00. The van der Waals surface area contributed by atoms with Gasteiger partial charge in [0.2, 0.25) is 5.22 Å². The highest BCUT2D eigenvalue weighted by atomic mass is 35.5. The van der Waals surface area contributed by atoms with Gasteiger partial charge in [-0.2, -0.15) is 0 Å². The summed E-state index contributed by atoms with van der Waals surface area (Å²) in [7, 11) is 0. The van der Waals surface area contributed by atoms with Crippen LogP contribution in [-0.2, 0) is 0 Å². The number of nitrogens with zero attached hydrogens (tertiary/aromatic N) is 1. The molecule has 5 heteroatoms. The van der Waals surface area contributed by atoms with Crippen molar-refractivity contribution in [2.24, 2.45) is 5.92 Å². The molecule has 1 aromatic rings. The predicted octanol–water partition coefficient (Wildman–Crippen LogP) is 2.39. The molecule has 1 amide bonds. The summed E-state index contributed by atoms with van der Waals surface area (Å²) < 4.78 is 4.96. The van der Waals surface area contributed by atoms with Gasteiger partial charge in [0.25, 0.3) is 5.91 Å². The number of furan rings is 1. The van der Waals surface area contributed by atoms with Crippen LogP contribution in [0.3, 0.4) is 0 Å². The number of amides is 1. The van der Waals surface area contributed by atoms with Crippen molar-refractivity contribution in [1.29, 1.82) is 0 Å². The van der Waals surface area contributed by atoms with Crippen LogP contribution in [0, 0.1) is 5.92 Å². The molecule has 1 aromatic heterocycles. The number of rotatable bonds is 4. The first-order valence-electron chi connectivity index (χ1n) is 6.45. The third kappa shape index (κ3) is 3.06. The molecular weight excluding hydrogens is 252 g/mol. The van der Waals surface area contributed by atoms with Crippen LogP contribution in [0.5, 0.6) is 0 Å². The summed E-state index contributed by atoms with van der Waals surface area (Å²) in [5.41, 5.74) is 0.474. The minimum atomic E-state index is -0.0179. The topological polar surface area (TPSA) is 45.5 Å². The minimum absolute atomic E-state index is 0.0179. The van der Waals surface area contributed by atoms with Gasteiger partial charge in [-0.1, -0.05) is 6.92 Å². The van der Waals surface area contributed by atoms with Crippen molar-refractivity contribution in [1.82, 2.24) is 10.2 Å². The maximum Gasteiger partial charge on any atom is 0.258 e. The second kappa shape index (κ2) is 6.25. The van der Waals surface area contributed by atoms with Crippen molar-refractivity contribution in [3.05, 3.63) is 23.1 Å². The van der Waals surface area contributed by atoms with Crippen molar-refractivity contribution in [2.75, 3.05) is 26.2 Å². The molecule has 1 aliphatic rings. The van der Waals surface area contributed by atoms with Gasteiger partial charge in [0.1, 0.15) is 0 Å². The summed E-state index contributed by atoms with van der Waals surface area (Å²) >= 11 is 5.83. The first-order valence-corrected chi connectivity index (χ1v) is 6.83. The first-order chi connectivity index (χ1) is 8.72. The molecule has 0 spiro atoms. The molecule has 0 unspecified atom stereocenters. The number of nitrogens with one attached hydrogen (secondary N) is 1. The molecule has 2 rings (SSSR count). The fourth-order valence-electron chi connectivity index (χ4n) is 2.31. The number of hydrogen-bond acceptors (Lipinski definition) is 3. The van der Waals surface area contributed by atoms with Crippen LogP contribution in [0.25, 0.3) is 0 Å². The number of likely N-dealkylation sites (tertiary alicyclic amines) is 1. The molecule has 18 heavy (non-hydrogen) atoms. The van der Waals surface area contributed by atoms with Crippen LogP contribution in [0.2, 0.25) is 5.22 Å². The lowest BCUT2D eigenvalue weighted by atomic mass is 9.96. The van der Waals surface area contributed by atoms with E-state index in [0.29, 0.717) is 11.5 Å². The number of carbonyl (C=O) groups excluding carboxylic acids is 1. The van der Waals surface area contributed by atoms with Crippen molar-refractivity contribution in [3.63, 3.8) is 0 Å². The number of hydrogen-bond donors (Lipinski definition) is 1. The van der Waals surface area contributed by atoms with Crippen molar-refractivity contribution >= 4 is 17.5 Å². The van der Waals surface area contributed by atoms with Gasteiger partial charge < -0.3 is 14.6 Å². The first kappa shape index (κ1) is 13.4. The van der Waals surface area contributed by atoms with Crippen molar-refractivity contribution in [3.8, 4) is 0 Å². The van der Waals surface area contributed by atoms with Gasteiger partial charge in [0.05, 0.1) is 11.8 Å². The second-order valence-electron chi connectivity index (χ2n) is 4.65. The zero-order valence-electron chi connectivity index (χ0n) is 10.6. The molecule has 100 valence electrons. The number of carbonyl (C=O) groups is 1. The lowest BCUT2D eigenvalue weighted by Gasteiger charge is -2.31. The Kier molecular flexibility index (Phi) is 4.66. The third-order valence-corrected chi connectivity index (χ3v) is 3.73. The zero-order valence-corrected chi connectivity index (χ0v) is 11.4. The van der Waals surface area contributed by atoms with E-state index in [4.69, 9.17) is 16.0 Å². The van der Waals surface area contributed by atoms with Gasteiger partial charge >= 0.3 is 0 Å². The largest absolute Gasteiger partial charge is 0.452 e. The second-order valence-corrected chi connectivity index (χ2v) is 4.99. The molecule has 1 saturated heterocycles. The molecule has 0 saturated carbocycles. The van der Waals surface area contributed by atoms with Crippen LogP contribution in [0.15, 0.2) is 16.7 Å². The Morgan fingerprint density at radius 3 is 2.83 bits per heavy atom. The molecule has 4 nitrogen and oxygen atoms in total. The Morgan fingerprint density at radius 1 is 1.56 bits per heavy atom. The van der Waals surface area contributed by atoms with E-state index in [1.807, 2.05) is 4.90 Å². The Balaban J connectivity index is 1.86. The summed E-state index contributed by atoms with van der Waals surface area (Å²) in [4.78, 5) is 14.0. The van der Waals surface area contributed by atoms with Crippen LogP contribution in [0.1, 0.15) is 30.1 Å². The normalized spacial score (nSPS) is 17.1. The fourth-order valence-corrected chi connectivity index (χ4v) is 2.50. The molecule has 0 bridgehead atoms. The van der Waals surface area contributed by atoms with E-state index in [-0.39, 0.29) is 11.1 Å². The molecule has 1 aliphatic heterocycles. The quantitative estimate of drug-likeness (QED) is 0.914. The zero-order chi connectivity index (χ0) is 13.0. The van der Waals surface area contributed by atoms with Crippen LogP contribution in [0.4, 0.5) is 0 Å². The van der Waals surface area contributed by atoms with Crippen LogP contribution < -0.4 is 5.32 Å². The smallest absolute Gasteiger partial charge is 0.258 e. The highest BCUT2D eigenvalue weighted by molar-refractivity contribution is 6.32. The van der Waals surface area contributed by atoms with Gasteiger partial charge in [0, 0.05) is 13.1 Å². The molecule has 1 N–H and O–H groups in total. The maximum absolute atomic E-state index is 12.2. The highest BCUT2D eigenvalue weighted by Crippen LogP contribution is 2.22. The number of piperidine rings is 1. The summed E-state index contributed by atoms with van der Waals surface area (Å²) in [6, 6.07) is 1.63. The van der Waals surface area contributed by atoms with Gasteiger partial charge in [-0.25, -0.2) is 0 Å². The van der Waals surface area contributed by atoms with Gasteiger partial charge in [-0.15, -0.1) is 0 Å². The van der Waals surface area contributed by atoms with Gasteiger partial charge in [-0.3, -0.25) is 4.79 Å². The van der Waals surface area contributed by atoms with Gasteiger partial charge in [0.15, 0.2) is 0 Å². The third-order valence-electron chi connectivity index (χ3n) is 3.43. The summed E-state index contributed by atoms with van der Waals surface area (Å²) in [6.07, 6.45) is 3.55. The molecular formula is C13H19ClN2O2. The van der Waals surface area contributed by atoms with Crippen LogP contribution >= 0.6 is 11.6 Å². The van der Waals surface area contributed by atoms with E-state index in [1.54, 1.807) is 6.07 Å². The Labute approximate surface area is 112 Å². The standard InChI is InChI=1S/C13H19ClN2O2/c1-2-15-9-10-3-6-16(7-4-10)13(17)11-5-8-18-12(11)14/h5,8,10,15H,2-4,6-7,9H2,1H3. The summed E-state index contributed by atoms with van der Waals surface area (Å²) in [5, 5.41) is 3.55. The predicted molar refractivity (Wildman–Crippen MR) is 70.9 cm³/mol. The lowest BCUT2D eigenvalue weighted by Crippen LogP contribution is -2.40. The van der Waals surface area contributed by atoms with E-state index < -0.39 is 0 Å². The molecule has 2 heterocycles.